The Morgan fingerprint density at radius 2 is 1.48 bits per heavy atom. The first-order chi connectivity index (χ1) is 13.5. The van der Waals surface area contributed by atoms with Crippen LogP contribution in [0.25, 0.3) is 10.8 Å². The van der Waals surface area contributed by atoms with Gasteiger partial charge >= 0.3 is 16.3 Å². The lowest BCUT2D eigenvalue weighted by atomic mass is 9.96. The van der Waals surface area contributed by atoms with Crippen LogP contribution in [-0.4, -0.2) is 20.3 Å². The molecule has 29 heavy (non-hydrogen) atoms. The molecular weight excluding hydrogens is 403 g/mol. The zero-order chi connectivity index (χ0) is 21.4. The van der Waals surface area contributed by atoms with E-state index >= 15 is 0 Å². The molecule has 4 nitrogen and oxygen atoms in total. The van der Waals surface area contributed by atoms with Crippen LogP contribution in [-0.2, 0) is 14.4 Å². The van der Waals surface area contributed by atoms with Gasteiger partial charge in [0, 0.05) is 5.56 Å². The number of rotatable bonds is 4. The minimum atomic E-state index is -4.90. The molecule has 0 radical (unpaired) electrons. The SMILES string of the molecule is Cc1cc(C)c(C(=NOS(=O)(=O)c2ccc3ccccc3c2)C(F)(F)F)c(C)c1. The Labute approximate surface area is 166 Å². The molecule has 0 saturated carbocycles. The van der Waals surface area contributed by atoms with Gasteiger partial charge in [-0.2, -0.15) is 21.6 Å². The Hall–Kier alpha value is -2.87. The third-order valence-corrected chi connectivity index (χ3v) is 5.52. The number of hydrogen-bond acceptors (Lipinski definition) is 4. The molecule has 0 saturated heterocycles. The van der Waals surface area contributed by atoms with E-state index in [1.165, 1.54) is 26.0 Å². The van der Waals surface area contributed by atoms with Crippen LogP contribution in [0.1, 0.15) is 22.3 Å². The topological polar surface area (TPSA) is 55.7 Å². The molecule has 0 bridgehead atoms. The van der Waals surface area contributed by atoms with Gasteiger partial charge in [-0.25, -0.2) is 0 Å². The van der Waals surface area contributed by atoms with Crippen molar-refractivity contribution in [1.82, 2.24) is 0 Å². The molecule has 3 rings (SSSR count). The zero-order valence-corrected chi connectivity index (χ0v) is 16.7. The standard InChI is InChI=1S/C21H18F3NO3S/c1-13-10-14(2)19(15(3)11-13)20(21(22,23)24)25-28-29(26,27)18-9-8-16-6-4-5-7-17(16)12-18/h4-12H,1-3H3. The normalized spacial score (nSPS) is 13.0. The molecule has 0 unspecified atom stereocenters. The molecule has 152 valence electrons. The lowest BCUT2D eigenvalue weighted by molar-refractivity contribution is -0.0597. The van der Waals surface area contributed by atoms with E-state index in [2.05, 4.69) is 9.44 Å². The van der Waals surface area contributed by atoms with Gasteiger partial charge in [-0.15, -0.1) is 0 Å². The van der Waals surface area contributed by atoms with Crippen molar-refractivity contribution in [3.8, 4) is 0 Å². The second kappa shape index (κ2) is 7.51. The van der Waals surface area contributed by atoms with Gasteiger partial charge in [-0.3, -0.25) is 4.28 Å². The minimum Gasteiger partial charge on any atom is -0.264 e. The molecule has 0 fully saturated rings. The van der Waals surface area contributed by atoms with Crippen molar-refractivity contribution in [1.29, 1.82) is 0 Å². The number of aryl methyl sites for hydroxylation is 3. The van der Waals surface area contributed by atoms with Gasteiger partial charge in [-0.05, 0) is 54.8 Å². The zero-order valence-electron chi connectivity index (χ0n) is 15.9. The first kappa shape index (κ1) is 20.9. The molecule has 0 aliphatic heterocycles. The Kier molecular flexibility index (Phi) is 5.40. The monoisotopic (exact) mass is 421 g/mol. The average Bonchev–Trinajstić information content (AvgIpc) is 2.62. The lowest BCUT2D eigenvalue weighted by Crippen LogP contribution is -2.27. The van der Waals surface area contributed by atoms with Crippen LogP contribution >= 0.6 is 0 Å². The Bertz CT molecular complexity index is 1190. The van der Waals surface area contributed by atoms with Crippen LogP contribution in [0.3, 0.4) is 0 Å². The van der Waals surface area contributed by atoms with Gasteiger partial charge < -0.3 is 0 Å². The van der Waals surface area contributed by atoms with Gasteiger partial charge in [0.25, 0.3) is 0 Å². The number of hydrogen-bond donors (Lipinski definition) is 0. The summed E-state index contributed by atoms with van der Waals surface area (Å²) in [6.45, 7) is 4.78. The number of halogens is 3. The van der Waals surface area contributed by atoms with Crippen molar-refractivity contribution in [2.75, 3.05) is 0 Å². The maximum absolute atomic E-state index is 13.6. The van der Waals surface area contributed by atoms with E-state index in [0.717, 1.165) is 10.9 Å². The summed E-state index contributed by atoms with van der Waals surface area (Å²) in [7, 11) is -4.54. The first-order valence-corrected chi connectivity index (χ1v) is 10.1. The Morgan fingerprint density at radius 1 is 0.897 bits per heavy atom. The molecule has 3 aromatic rings. The predicted octanol–water partition coefficient (Wildman–Crippen LogP) is 5.44. The molecule has 8 heteroatoms. The molecule has 0 amide bonds. The fraction of sp³-hybridized carbons (Fsp3) is 0.190. The Morgan fingerprint density at radius 3 is 2.07 bits per heavy atom. The van der Waals surface area contributed by atoms with Crippen molar-refractivity contribution in [2.24, 2.45) is 5.16 Å². The fourth-order valence-corrected chi connectivity index (χ4v) is 4.01. The molecule has 0 atom stereocenters. The molecule has 0 aliphatic rings. The quantitative estimate of drug-likeness (QED) is 0.417. The van der Waals surface area contributed by atoms with E-state index in [1.54, 1.807) is 49.4 Å². The van der Waals surface area contributed by atoms with E-state index in [-0.39, 0.29) is 10.5 Å². The van der Waals surface area contributed by atoms with Crippen molar-refractivity contribution in [3.63, 3.8) is 0 Å². The van der Waals surface area contributed by atoms with E-state index in [0.29, 0.717) is 16.5 Å². The van der Waals surface area contributed by atoms with Crippen LogP contribution in [0.15, 0.2) is 64.6 Å². The average molecular weight is 421 g/mol. The van der Waals surface area contributed by atoms with Crippen LogP contribution in [0.2, 0.25) is 0 Å². The van der Waals surface area contributed by atoms with Crippen LogP contribution in [0.4, 0.5) is 13.2 Å². The third kappa shape index (κ3) is 4.42. The van der Waals surface area contributed by atoms with E-state index in [4.69, 9.17) is 0 Å². The van der Waals surface area contributed by atoms with Crippen LogP contribution in [0, 0.1) is 20.8 Å². The number of nitrogens with zero attached hydrogens (tertiary/aromatic N) is 1. The number of fused-ring (bicyclic) bond motifs is 1. The molecule has 0 spiro atoms. The Balaban J connectivity index is 2.05. The van der Waals surface area contributed by atoms with Crippen molar-refractivity contribution in [3.05, 3.63) is 76.9 Å². The highest BCUT2D eigenvalue weighted by molar-refractivity contribution is 7.86. The molecule has 0 aromatic heterocycles. The largest absolute Gasteiger partial charge is 0.437 e. The summed E-state index contributed by atoms with van der Waals surface area (Å²) in [4.78, 5) is -0.279. The van der Waals surface area contributed by atoms with Gasteiger partial charge in [0.1, 0.15) is 4.90 Å². The molecule has 0 heterocycles. The second-order valence-electron chi connectivity index (χ2n) is 6.75. The van der Waals surface area contributed by atoms with Crippen molar-refractivity contribution in [2.45, 2.75) is 31.8 Å². The summed E-state index contributed by atoms with van der Waals surface area (Å²) in [5, 5.41) is 4.45. The van der Waals surface area contributed by atoms with Crippen molar-refractivity contribution < 1.29 is 25.9 Å². The minimum absolute atomic E-state index is 0.197. The second-order valence-corrected chi connectivity index (χ2v) is 8.28. The van der Waals surface area contributed by atoms with Gasteiger partial charge in [0.05, 0.1) is 0 Å². The highest BCUT2D eigenvalue weighted by atomic mass is 32.2. The van der Waals surface area contributed by atoms with Gasteiger partial charge in [-0.1, -0.05) is 53.2 Å². The van der Waals surface area contributed by atoms with Crippen molar-refractivity contribution >= 4 is 26.6 Å². The van der Waals surface area contributed by atoms with Gasteiger partial charge in [0.2, 0.25) is 0 Å². The van der Waals surface area contributed by atoms with E-state index in [1.807, 2.05) is 0 Å². The smallest absolute Gasteiger partial charge is 0.264 e. The lowest BCUT2D eigenvalue weighted by Gasteiger charge is -2.16. The van der Waals surface area contributed by atoms with Crippen LogP contribution < -0.4 is 0 Å². The molecule has 3 aromatic carbocycles. The summed E-state index contributed by atoms with van der Waals surface area (Å²) < 4.78 is 70.4. The van der Waals surface area contributed by atoms with Gasteiger partial charge in [0.15, 0.2) is 5.71 Å². The molecule has 0 aliphatic carbocycles. The maximum Gasteiger partial charge on any atom is 0.437 e. The summed E-state index contributed by atoms with van der Waals surface area (Å²) in [5.41, 5.74) is -0.154. The predicted molar refractivity (Wildman–Crippen MR) is 105 cm³/mol. The summed E-state index contributed by atoms with van der Waals surface area (Å²) >= 11 is 0. The molecule has 0 N–H and O–H groups in total. The summed E-state index contributed by atoms with van der Waals surface area (Å²) in [6, 6.07) is 14.3. The molecular formula is C21H18F3NO3S. The van der Waals surface area contributed by atoms with E-state index < -0.39 is 22.0 Å². The maximum atomic E-state index is 13.6. The highest BCUT2D eigenvalue weighted by Crippen LogP contribution is 2.29. The number of alkyl halides is 3. The van der Waals surface area contributed by atoms with Crippen LogP contribution in [0.5, 0.6) is 0 Å². The summed E-state index contributed by atoms with van der Waals surface area (Å²) in [5.74, 6) is 0. The number of benzene rings is 3. The highest BCUT2D eigenvalue weighted by Gasteiger charge is 2.40. The fourth-order valence-electron chi connectivity index (χ4n) is 3.24. The summed E-state index contributed by atoms with van der Waals surface area (Å²) in [6.07, 6.45) is -4.90. The first-order valence-electron chi connectivity index (χ1n) is 8.65. The third-order valence-electron chi connectivity index (χ3n) is 4.42. The number of oxime groups is 1. The van der Waals surface area contributed by atoms with E-state index in [9.17, 15) is 21.6 Å².